The lowest BCUT2D eigenvalue weighted by Gasteiger charge is -2.29. The van der Waals surface area contributed by atoms with E-state index >= 15 is 0 Å². The van der Waals surface area contributed by atoms with E-state index in [0.29, 0.717) is 35.7 Å². The Kier molecular flexibility index (Phi) is 6.49. The van der Waals surface area contributed by atoms with Gasteiger partial charge in [-0.1, -0.05) is 26.8 Å². The van der Waals surface area contributed by atoms with Crippen molar-refractivity contribution in [3.63, 3.8) is 0 Å². The zero-order valence-electron chi connectivity index (χ0n) is 22.6. The topological polar surface area (TPSA) is 96.3 Å². The maximum absolute atomic E-state index is 13.0. The zero-order chi connectivity index (χ0) is 27.2. The second-order valence-corrected chi connectivity index (χ2v) is 11.3. The average molecular weight is 512 g/mol. The summed E-state index contributed by atoms with van der Waals surface area (Å²) in [5.41, 5.74) is 6.56. The highest BCUT2D eigenvalue weighted by molar-refractivity contribution is 5.78. The van der Waals surface area contributed by atoms with E-state index in [2.05, 4.69) is 31.7 Å². The average Bonchev–Trinajstić information content (AvgIpc) is 3.11. The summed E-state index contributed by atoms with van der Waals surface area (Å²) in [6, 6.07) is 15.7. The Balaban J connectivity index is 1.46. The van der Waals surface area contributed by atoms with Crippen LogP contribution in [-0.4, -0.2) is 37.8 Å². The molecule has 0 saturated carbocycles. The second kappa shape index (κ2) is 9.66. The van der Waals surface area contributed by atoms with Crippen molar-refractivity contribution in [2.24, 2.45) is 12.5 Å². The number of phenolic OH excluding ortho intramolecular Hbond substituents is 1. The lowest BCUT2D eigenvalue weighted by atomic mass is 9.97. The molecule has 4 aromatic rings. The summed E-state index contributed by atoms with van der Waals surface area (Å²) >= 11 is 0. The molecule has 0 aliphatic carbocycles. The van der Waals surface area contributed by atoms with E-state index < -0.39 is 0 Å². The van der Waals surface area contributed by atoms with Crippen molar-refractivity contribution in [1.29, 1.82) is 5.26 Å². The fourth-order valence-electron chi connectivity index (χ4n) is 5.24. The lowest BCUT2D eigenvalue weighted by molar-refractivity contribution is 0.244. The first-order chi connectivity index (χ1) is 18.1. The maximum Gasteiger partial charge on any atom is 0.330 e. The molecule has 0 bridgehead atoms. The number of rotatable bonds is 5. The number of nitrogens with zero attached hydrogens (tertiary/aromatic N) is 5. The van der Waals surface area contributed by atoms with E-state index in [1.807, 2.05) is 36.4 Å². The number of aromatic hydroxyl groups is 1. The summed E-state index contributed by atoms with van der Waals surface area (Å²) in [5, 5.41) is 20.1. The number of benzene rings is 2. The van der Waals surface area contributed by atoms with Gasteiger partial charge >= 0.3 is 5.69 Å². The van der Waals surface area contributed by atoms with Crippen LogP contribution in [-0.2, 0) is 33.1 Å². The van der Waals surface area contributed by atoms with Crippen molar-refractivity contribution in [3.05, 3.63) is 75.2 Å². The van der Waals surface area contributed by atoms with Crippen molar-refractivity contribution < 1.29 is 9.84 Å². The monoisotopic (exact) mass is 511 g/mol. The number of fused-ring (bicyclic) bond motifs is 2. The molecule has 2 aromatic carbocycles. The maximum atomic E-state index is 13.0. The van der Waals surface area contributed by atoms with Crippen LogP contribution in [0.1, 0.15) is 43.0 Å². The standard InChI is InChI=1S/C30H33N5O3/c1-30(2,3)18-35-25-9-8-24(32-28(25)33(4)29(35)37)23-12-19(6-7-21(23)15-31)16-34-11-10-20-14-27(38-5)26(36)13-22(20)17-34/h6-9,12-14,36H,10-11,16-18H2,1-5H3. The molecule has 3 heterocycles. The van der Waals surface area contributed by atoms with Gasteiger partial charge in [-0.2, -0.15) is 5.26 Å². The molecule has 0 unspecified atom stereocenters. The highest BCUT2D eigenvalue weighted by Crippen LogP contribution is 2.33. The molecule has 1 aliphatic heterocycles. The molecule has 8 heteroatoms. The van der Waals surface area contributed by atoms with Crippen LogP contribution >= 0.6 is 0 Å². The number of methoxy groups -OCH3 is 1. The predicted octanol–water partition coefficient (Wildman–Crippen LogP) is 4.59. The lowest BCUT2D eigenvalue weighted by Crippen LogP contribution is -2.30. The van der Waals surface area contributed by atoms with Gasteiger partial charge in [-0.15, -0.1) is 0 Å². The molecule has 0 atom stereocenters. The number of aryl methyl sites for hydroxylation is 1. The Bertz CT molecular complexity index is 1640. The van der Waals surface area contributed by atoms with Gasteiger partial charge in [-0.3, -0.25) is 14.0 Å². The molecule has 196 valence electrons. The van der Waals surface area contributed by atoms with Crippen molar-refractivity contribution in [3.8, 4) is 28.8 Å². The van der Waals surface area contributed by atoms with Gasteiger partial charge in [0.05, 0.1) is 30.0 Å². The van der Waals surface area contributed by atoms with E-state index in [1.165, 1.54) is 5.56 Å². The normalized spacial score (nSPS) is 13.9. The fourth-order valence-corrected chi connectivity index (χ4v) is 5.24. The first kappa shape index (κ1) is 25.6. The zero-order valence-corrected chi connectivity index (χ0v) is 22.6. The number of hydrogen-bond donors (Lipinski definition) is 1. The third-order valence-electron chi connectivity index (χ3n) is 7.09. The minimum Gasteiger partial charge on any atom is -0.504 e. The molecule has 38 heavy (non-hydrogen) atoms. The molecule has 0 amide bonds. The molecule has 2 aromatic heterocycles. The largest absolute Gasteiger partial charge is 0.504 e. The minimum absolute atomic E-state index is 0.0567. The molecule has 0 radical (unpaired) electrons. The van der Waals surface area contributed by atoms with Crippen LogP contribution in [0.5, 0.6) is 11.5 Å². The van der Waals surface area contributed by atoms with E-state index in [1.54, 1.807) is 29.4 Å². The van der Waals surface area contributed by atoms with E-state index in [0.717, 1.165) is 41.7 Å². The molecule has 1 aliphatic rings. The van der Waals surface area contributed by atoms with Gasteiger partial charge in [0.1, 0.15) is 0 Å². The third kappa shape index (κ3) is 4.77. The molecular weight excluding hydrogens is 478 g/mol. The van der Waals surface area contributed by atoms with Crippen molar-refractivity contribution >= 4 is 11.2 Å². The number of pyridine rings is 1. The third-order valence-corrected chi connectivity index (χ3v) is 7.09. The van der Waals surface area contributed by atoms with Gasteiger partial charge in [-0.05, 0) is 64.9 Å². The summed E-state index contributed by atoms with van der Waals surface area (Å²) in [6.07, 6.45) is 0.868. The Morgan fingerprint density at radius 1 is 1.13 bits per heavy atom. The van der Waals surface area contributed by atoms with Gasteiger partial charge in [0, 0.05) is 38.8 Å². The summed E-state index contributed by atoms with van der Waals surface area (Å²) in [7, 11) is 3.30. The second-order valence-electron chi connectivity index (χ2n) is 11.3. The summed E-state index contributed by atoms with van der Waals surface area (Å²) in [4.78, 5) is 20.1. The van der Waals surface area contributed by atoms with E-state index in [-0.39, 0.29) is 16.9 Å². The highest BCUT2D eigenvalue weighted by Gasteiger charge is 2.21. The molecule has 1 N–H and O–H groups in total. The number of nitriles is 1. The van der Waals surface area contributed by atoms with Crippen LogP contribution in [0.2, 0.25) is 0 Å². The minimum atomic E-state index is -0.0946. The van der Waals surface area contributed by atoms with E-state index in [9.17, 15) is 15.2 Å². The number of ether oxygens (including phenoxy) is 1. The Morgan fingerprint density at radius 3 is 2.63 bits per heavy atom. The van der Waals surface area contributed by atoms with Crippen LogP contribution in [0.3, 0.4) is 0 Å². The summed E-state index contributed by atoms with van der Waals surface area (Å²) in [6.45, 7) is 9.20. The Hall–Kier alpha value is -4.09. The van der Waals surface area contributed by atoms with Crippen LogP contribution in [0.15, 0.2) is 47.3 Å². The van der Waals surface area contributed by atoms with Gasteiger partial charge in [0.25, 0.3) is 0 Å². The number of aromatic nitrogens is 3. The van der Waals surface area contributed by atoms with Crippen LogP contribution in [0.25, 0.3) is 22.4 Å². The summed E-state index contributed by atoms with van der Waals surface area (Å²) in [5.74, 6) is 0.658. The molecule has 0 fully saturated rings. The molecular formula is C30H33N5O3. The number of hydrogen-bond acceptors (Lipinski definition) is 6. The Labute approximate surface area is 222 Å². The first-order valence-electron chi connectivity index (χ1n) is 12.8. The number of imidazole rings is 1. The predicted molar refractivity (Wildman–Crippen MR) is 147 cm³/mol. The van der Waals surface area contributed by atoms with Crippen LogP contribution in [0, 0.1) is 16.7 Å². The summed E-state index contributed by atoms with van der Waals surface area (Å²) < 4.78 is 8.61. The smallest absolute Gasteiger partial charge is 0.330 e. The SMILES string of the molecule is COc1cc2c(cc1O)CN(Cc1ccc(C#N)c(-c3ccc4c(n3)n(C)c(=O)n4CC(C)(C)C)c1)CC2. The fraction of sp³-hybridized carbons (Fsp3) is 0.367. The van der Waals surface area contributed by atoms with Crippen LogP contribution in [0.4, 0.5) is 0 Å². The first-order valence-corrected chi connectivity index (χ1v) is 12.8. The number of phenols is 1. The molecule has 0 spiro atoms. The Morgan fingerprint density at radius 2 is 1.92 bits per heavy atom. The quantitative estimate of drug-likeness (QED) is 0.421. The molecule has 5 rings (SSSR count). The van der Waals surface area contributed by atoms with Gasteiger partial charge in [-0.25, -0.2) is 9.78 Å². The van der Waals surface area contributed by atoms with Crippen molar-refractivity contribution in [2.45, 2.75) is 46.8 Å². The van der Waals surface area contributed by atoms with Crippen molar-refractivity contribution in [1.82, 2.24) is 19.0 Å². The van der Waals surface area contributed by atoms with E-state index in [4.69, 9.17) is 9.72 Å². The van der Waals surface area contributed by atoms with Gasteiger partial charge < -0.3 is 9.84 Å². The molecule has 0 saturated heterocycles. The van der Waals surface area contributed by atoms with Gasteiger partial charge in [0.2, 0.25) is 0 Å². The van der Waals surface area contributed by atoms with Crippen LogP contribution < -0.4 is 10.4 Å². The van der Waals surface area contributed by atoms with Gasteiger partial charge in [0.15, 0.2) is 17.1 Å². The van der Waals surface area contributed by atoms with Crippen molar-refractivity contribution in [2.75, 3.05) is 13.7 Å². The highest BCUT2D eigenvalue weighted by atomic mass is 16.5. The molecule has 8 nitrogen and oxygen atoms in total.